The Kier molecular flexibility index (Phi) is 4.18. The Labute approximate surface area is 130 Å². The first-order valence-corrected chi connectivity index (χ1v) is 6.32. The van der Waals surface area contributed by atoms with E-state index in [0.717, 1.165) is 10.9 Å². The molecular formula is C17H16LiNO. The first kappa shape index (κ1) is 14.7. The third-order valence-corrected chi connectivity index (χ3v) is 3.50. The van der Waals surface area contributed by atoms with E-state index in [-0.39, 0.29) is 24.6 Å². The quantitative estimate of drug-likeness (QED) is 0.676. The van der Waals surface area contributed by atoms with Crippen LogP contribution in [0.15, 0.2) is 48.7 Å². The molecule has 1 N–H and O–H groups in total. The maximum absolute atomic E-state index is 9.92. The molecule has 0 unspecified atom stereocenters. The zero-order valence-corrected chi connectivity index (χ0v) is 11.0. The second-order valence-electron chi connectivity index (χ2n) is 4.80. The van der Waals surface area contributed by atoms with Crippen LogP contribution >= 0.6 is 0 Å². The number of para-hydroxylation sites is 1. The number of pyridine rings is 1. The fourth-order valence-corrected chi connectivity index (χ4v) is 2.62. The molecule has 0 bridgehead atoms. The minimum absolute atomic E-state index is 0. The molecule has 1 aromatic heterocycles. The Morgan fingerprint density at radius 3 is 2.25 bits per heavy atom. The van der Waals surface area contributed by atoms with Crippen molar-refractivity contribution in [3.05, 3.63) is 59.8 Å². The molecule has 3 rings (SSSR count). The van der Waals surface area contributed by atoms with Crippen molar-refractivity contribution in [3.8, 4) is 16.9 Å². The summed E-state index contributed by atoms with van der Waals surface area (Å²) in [5, 5.41) is 10.9. The SMILES string of the molecule is Cc1cccc(C)c1-c1ccnc2c(O)cccc12.[LiH]. The summed E-state index contributed by atoms with van der Waals surface area (Å²) < 4.78 is 0. The fraction of sp³-hybridized carbons (Fsp3) is 0.118. The molecule has 0 fully saturated rings. The second-order valence-corrected chi connectivity index (χ2v) is 4.80. The normalized spacial score (nSPS) is 10.3. The van der Waals surface area contributed by atoms with Crippen LogP contribution in [0.2, 0.25) is 0 Å². The van der Waals surface area contributed by atoms with E-state index in [1.165, 1.54) is 16.7 Å². The molecular weight excluding hydrogens is 241 g/mol. The Balaban J connectivity index is 0.00000147. The molecule has 0 aliphatic rings. The standard InChI is InChI=1S/C17H15NO.Li.H/c1-11-5-3-6-12(2)16(11)13-9-10-18-17-14(13)7-4-8-15(17)19;;/h3-10,19H,1-2H3;;. The van der Waals surface area contributed by atoms with Gasteiger partial charge in [0.05, 0.1) is 0 Å². The number of hydrogen-bond donors (Lipinski definition) is 1. The molecule has 0 saturated heterocycles. The predicted octanol–water partition coefficient (Wildman–Crippen LogP) is 3.58. The van der Waals surface area contributed by atoms with Gasteiger partial charge in [0.1, 0.15) is 11.3 Å². The molecule has 0 amide bonds. The van der Waals surface area contributed by atoms with E-state index in [1.54, 1.807) is 12.3 Å². The molecule has 2 aromatic carbocycles. The molecule has 0 saturated carbocycles. The van der Waals surface area contributed by atoms with Crippen molar-refractivity contribution in [3.63, 3.8) is 0 Å². The van der Waals surface area contributed by atoms with E-state index in [4.69, 9.17) is 0 Å². The third kappa shape index (κ3) is 2.33. The molecule has 0 aliphatic heterocycles. The van der Waals surface area contributed by atoms with Crippen LogP contribution in [0.4, 0.5) is 0 Å². The van der Waals surface area contributed by atoms with Gasteiger partial charge in [0.2, 0.25) is 0 Å². The van der Waals surface area contributed by atoms with E-state index < -0.39 is 0 Å². The van der Waals surface area contributed by atoms with Crippen LogP contribution in [0.25, 0.3) is 22.0 Å². The zero-order chi connectivity index (χ0) is 13.4. The number of benzene rings is 2. The zero-order valence-electron chi connectivity index (χ0n) is 11.0. The van der Waals surface area contributed by atoms with Crippen molar-refractivity contribution >= 4 is 29.8 Å². The number of phenolic OH excluding ortho intramolecular Hbond substituents is 1. The van der Waals surface area contributed by atoms with Crippen LogP contribution < -0.4 is 0 Å². The van der Waals surface area contributed by atoms with Crippen molar-refractivity contribution in [1.82, 2.24) is 4.98 Å². The number of aryl methyl sites for hydroxylation is 2. The minimum atomic E-state index is 0. The molecule has 2 nitrogen and oxygen atoms in total. The summed E-state index contributed by atoms with van der Waals surface area (Å²) in [7, 11) is 0. The number of aromatic hydroxyl groups is 1. The molecule has 0 atom stereocenters. The first-order chi connectivity index (χ1) is 9.18. The van der Waals surface area contributed by atoms with Crippen LogP contribution in [-0.2, 0) is 0 Å². The summed E-state index contributed by atoms with van der Waals surface area (Å²) >= 11 is 0. The van der Waals surface area contributed by atoms with Gasteiger partial charge in [0.15, 0.2) is 0 Å². The van der Waals surface area contributed by atoms with Gasteiger partial charge in [-0.2, -0.15) is 0 Å². The van der Waals surface area contributed by atoms with Crippen LogP contribution in [0.3, 0.4) is 0 Å². The van der Waals surface area contributed by atoms with Crippen molar-refractivity contribution in [2.75, 3.05) is 0 Å². The van der Waals surface area contributed by atoms with Gasteiger partial charge < -0.3 is 5.11 Å². The van der Waals surface area contributed by atoms with Crippen molar-refractivity contribution in [2.45, 2.75) is 13.8 Å². The van der Waals surface area contributed by atoms with Crippen molar-refractivity contribution in [2.24, 2.45) is 0 Å². The van der Waals surface area contributed by atoms with Gasteiger partial charge in [0.25, 0.3) is 0 Å². The van der Waals surface area contributed by atoms with E-state index in [9.17, 15) is 5.11 Å². The fourth-order valence-electron chi connectivity index (χ4n) is 2.62. The van der Waals surface area contributed by atoms with Crippen LogP contribution in [0, 0.1) is 13.8 Å². The molecule has 3 heteroatoms. The van der Waals surface area contributed by atoms with Gasteiger partial charge in [-0.15, -0.1) is 0 Å². The van der Waals surface area contributed by atoms with Crippen LogP contribution in [-0.4, -0.2) is 29.0 Å². The molecule has 3 aromatic rings. The van der Waals surface area contributed by atoms with Gasteiger partial charge in [-0.05, 0) is 48.2 Å². The molecule has 96 valence electrons. The van der Waals surface area contributed by atoms with E-state index in [1.807, 2.05) is 18.2 Å². The van der Waals surface area contributed by atoms with E-state index in [2.05, 4.69) is 37.0 Å². The number of fused-ring (bicyclic) bond motifs is 1. The summed E-state index contributed by atoms with van der Waals surface area (Å²) in [5.74, 6) is 0.227. The number of aromatic nitrogens is 1. The number of rotatable bonds is 1. The number of hydrogen-bond acceptors (Lipinski definition) is 2. The van der Waals surface area contributed by atoms with Gasteiger partial charge in [0, 0.05) is 11.6 Å². The van der Waals surface area contributed by atoms with Crippen molar-refractivity contribution in [1.29, 1.82) is 0 Å². The van der Waals surface area contributed by atoms with Gasteiger partial charge in [-0.3, -0.25) is 4.98 Å². The van der Waals surface area contributed by atoms with Crippen LogP contribution in [0.1, 0.15) is 11.1 Å². The Hall–Kier alpha value is -1.75. The third-order valence-electron chi connectivity index (χ3n) is 3.50. The summed E-state index contributed by atoms with van der Waals surface area (Å²) in [6.07, 6.45) is 1.75. The Morgan fingerprint density at radius 1 is 0.900 bits per heavy atom. The van der Waals surface area contributed by atoms with Gasteiger partial charge in [-0.25, -0.2) is 0 Å². The van der Waals surface area contributed by atoms with Gasteiger partial charge >= 0.3 is 18.9 Å². The molecule has 1 heterocycles. The predicted molar refractivity (Wildman–Crippen MR) is 85.5 cm³/mol. The molecule has 0 aliphatic carbocycles. The van der Waals surface area contributed by atoms with Gasteiger partial charge in [-0.1, -0.05) is 30.3 Å². The van der Waals surface area contributed by atoms with E-state index >= 15 is 0 Å². The second kappa shape index (κ2) is 5.71. The number of nitrogens with zero attached hydrogens (tertiary/aromatic N) is 1. The first-order valence-electron chi connectivity index (χ1n) is 6.32. The molecule has 0 spiro atoms. The number of phenols is 1. The van der Waals surface area contributed by atoms with E-state index in [0.29, 0.717) is 5.52 Å². The Morgan fingerprint density at radius 2 is 1.55 bits per heavy atom. The summed E-state index contributed by atoms with van der Waals surface area (Å²) in [4.78, 5) is 4.28. The molecule has 20 heavy (non-hydrogen) atoms. The van der Waals surface area contributed by atoms with Crippen LogP contribution in [0.5, 0.6) is 5.75 Å². The average molecular weight is 257 g/mol. The molecule has 0 radical (unpaired) electrons. The summed E-state index contributed by atoms with van der Waals surface area (Å²) in [6, 6.07) is 13.8. The Bertz CT molecular complexity index is 748. The summed E-state index contributed by atoms with van der Waals surface area (Å²) in [6.45, 7) is 4.22. The summed E-state index contributed by atoms with van der Waals surface area (Å²) in [5.41, 5.74) is 5.46. The maximum atomic E-state index is 9.92. The topological polar surface area (TPSA) is 33.1 Å². The monoisotopic (exact) mass is 257 g/mol. The van der Waals surface area contributed by atoms with Crippen molar-refractivity contribution < 1.29 is 5.11 Å². The average Bonchev–Trinajstić information content (AvgIpc) is 2.39.